The van der Waals surface area contributed by atoms with Crippen molar-refractivity contribution in [3.8, 4) is 17.2 Å². The largest absolute Gasteiger partial charge is 0.490 e. The molecule has 1 aliphatic rings. The summed E-state index contributed by atoms with van der Waals surface area (Å²) in [4.78, 5) is 24.6. The van der Waals surface area contributed by atoms with Crippen LogP contribution in [-0.2, 0) is 16.1 Å². The summed E-state index contributed by atoms with van der Waals surface area (Å²) in [6, 6.07) is 15.8. The third-order valence-corrected chi connectivity index (χ3v) is 8.54. The number of rotatable bonds is 13. The van der Waals surface area contributed by atoms with Crippen molar-refractivity contribution < 1.29 is 33.6 Å². The van der Waals surface area contributed by atoms with Gasteiger partial charge in [-0.3, -0.25) is 5.43 Å². The molecule has 3 aromatic rings. The minimum Gasteiger partial charge on any atom is -0.490 e. The van der Waals surface area contributed by atoms with E-state index in [1.165, 1.54) is 10.7 Å². The van der Waals surface area contributed by atoms with Crippen LogP contribution in [0.2, 0.25) is 0 Å². The first kappa shape index (κ1) is 34.8. The van der Waals surface area contributed by atoms with E-state index >= 15 is 0 Å². The molecule has 0 aliphatic carbocycles. The number of nitrogens with zero attached hydrogens (tertiary/aromatic N) is 1. The van der Waals surface area contributed by atoms with Crippen molar-refractivity contribution in [2.75, 3.05) is 20.3 Å². The van der Waals surface area contributed by atoms with Crippen molar-refractivity contribution in [1.29, 1.82) is 0 Å². The van der Waals surface area contributed by atoms with E-state index in [2.05, 4.69) is 82.3 Å². The van der Waals surface area contributed by atoms with Gasteiger partial charge in [0.15, 0.2) is 17.7 Å². The van der Waals surface area contributed by atoms with E-state index < -0.39 is 24.3 Å². The number of amides is 2. The number of halogens is 3. The Morgan fingerprint density at radius 2 is 1.87 bits per heavy atom. The summed E-state index contributed by atoms with van der Waals surface area (Å²) in [6.07, 6.45) is 0.455. The smallest absolute Gasteiger partial charge is 0.337 e. The summed E-state index contributed by atoms with van der Waals surface area (Å²) in [5, 5.41) is 20.0. The van der Waals surface area contributed by atoms with Gasteiger partial charge in [0, 0.05) is 9.27 Å². The normalized spacial score (nSPS) is 15.3. The minimum atomic E-state index is -1.13. The number of esters is 1. The summed E-state index contributed by atoms with van der Waals surface area (Å²) in [7, 11) is 1.28. The first-order valence-electron chi connectivity index (χ1n) is 13.7. The average molecular weight is 905 g/mol. The molecule has 1 heterocycles. The van der Waals surface area contributed by atoms with Crippen LogP contribution in [0.4, 0.5) is 4.79 Å². The van der Waals surface area contributed by atoms with Gasteiger partial charge < -0.3 is 34.7 Å². The molecule has 0 bridgehead atoms. The molecule has 3 aromatic carbocycles. The minimum absolute atomic E-state index is 0.139. The molecule has 0 unspecified atom stereocenters. The maximum absolute atomic E-state index is 12.4. The molecule has 1 aliphatic heterocycles. The molecular formula is C31H31BrI2N4O7. The number of hydrogen-bond donors (Lipinski definition) is 4. The van der Waals surface area contributed by atoms with Crippen molar-refractivity contribution >= 4 is 79.3 Å². The van der Waals surface area contributed by atoms with E-state index in [1.807, 2.05) is 43.3 Å². The highest BCUT2D eigenvalue weighted by atomic mass is 127. The number of benzene rings is 3. The third kappa shape index (κ3) is 9.46. The Labute approximate surface area is 296 Å². The highest BCUT2D eigenvalue weighted by Gasteiger charge is 2.32. The quantitative estimate of drug-likeness (QED) is 0.0559. The zero-order valence-electron chi connectivity index (χ0n) is 24.5. The maximum atomic E-state index is 12.4. The molecule has 45 heavy (non-hydrogen) atoms. The second-order valence-corrected chi connectivity index (χ2v) is 12.9. The average Bonchev–Trinajstić information content (AvgIpc) is 3.00. The number of urea groups is 1. The van der Waals surface area contributed by atoms with Crippen LogP contribution in [0, 0.1) is 7.14 Å². The van der Waals surface area contributed by atoms with Crippen molar-refractivity contribution in [1.82, 2.24) is 16.1 Å². The topological polar surface area (TPSA) is 140 Å². The zero-order chi connectivity index (χ0) is 32.5. The SMILES string of the molecule is CCOc1cc([C@@H]2NC(=O)NC(C)=C2C(=O)OC)ccc1OC[C@@H](O)N/N=C\c1cc(Br)c(OCc2ccc(I)cc2)c(I)c1. The number of carbonyl (C=O) groups excluding carboxylic acids is 2. The van der Waals surface area contributed by atoms with Crippen LogP contribution in [0.1, 0.15) is 36.6 Å². The molecule has 11 nitrogen and oxygen atoms in total. The van der Waals surface area contributed by atoms with Gasteiger partial charge in [-0.25, -0.2) is 9.59 Å². The maximum Gasteiger partial charge on any atom is 0.337 e. The van der Waals surface area contributed by atoms with Gasteiger partial charge in [-0.05, 0) is 128 Å². The van der Waals surface area contributed by atoms with Crippen molar-refractivity contribution in [2.45, 2.75) is 32.7 Å². The van der Waals surface area contributed by atoms with Gasteiger partial charge >= 0.3 is 12.0 Å². The highest BCUT2D eigenvalue weighted by Crippen LogP contribution is 2.35. The summed E-state index contributed by atoms with van der Waals surface area (Å²) in [5.74, 6) is 0.913. The van der Waals surface area contributed by atoms with Gasteiger partial charge in [-0.2, -0.15) is 5.10 Å². The molecule has 4 rings (SSSR count). The molecule has 0 radical (unpaired) electrons. The lowest BCUT2D eigenvalue weighted by Crippen LogP contribution is -2.45. The number of hydrazone groups is 1. The van der Waals surface area contributed by atoms with Crippen molar-refractivity contribution in [3.05, 3.63) is 94.2 Å². The predicted octanol–water partition coefficient (Wildman–Crippen LogP) is 5.76. The molecule has 0 saturated carbocycles. The lowest BCUT2D eigenvalue weighted by Gasteiger charge is -2.28. The van der Waals surface area contributed by atoms with Crippen LogP contribution in [0.5, 0.6) is 17.2 Å². The Morgan fingerprint density at radius 1 is 1.11 bits per heavy atom. The Balaban J connectivity index is 1.37. The first-order chi connectivity index (χ1) is 21.6. The summed E-state index contributed by atoms with van der Waals surface area (Å²) >= 11 is 8.06. The molecule has 4 N–H and O–H groups in total. The fourth-order valence-corrected chi connectivity index (χ4v) is 6.48. The Hall–Kier alpha value is -3.09. The molecule has 0 saturated heterocycles. The number of nitrogens with one attached hydrogen (secondary N) is 3. The van der Waals surface area contributed by atoms with Gasteiger partial charge in [0.2, 0.25) is 0 Å². The number of carbonyl (C=O) groups is 2. The van der Waals surface area contributed by atoms with Crippen LogP contribution >= 0.6 is 61.1 Å². The van der Waals surface area contributed by atoms with Crippen LogP contribution in [0.15, 0.2) is 75.4 Å². The summed E-state index contributed by atoms with van der Waals surface area (Å²) in [5.41, 5.74) is 5.78. The molecular weight excluding hydrogens is 874 g/mol. The molecule has 2 atom stereocenters. The van der Waals surface area contributed by atoms with Crippen LogP contribution < -0.4 is 30.3 Å². The molecule has 0 aromatic heterocycles. The van der Waals surface area contributed by atoms with Crippen molar-refractivity contribution in [2.24, 2.45) is 5.10 Å². The van der Waals surface area contributed by atoms with Crippen LogP contribution in [0.25, 0.3) is 0 Å². The van der Waals surface area contributed by atoms with E-state index in [0.717, 1.165) is 24.9 Å². The lowest BCUT2D eigenvalue weighted by molar-refractivity contribution is -0.136. The summed E-state index contributed by atoms with van der Waals surface area (Å²) < 4.78 is 25.4. The van der Waals surface area contributed by atoms with Gasteiger partial charge in [0.25, 0.3) is 0 Å². The number of allylic oxidation sites excluding steroid dienone is 1. The second-order valence-electron chi connectivity index (χ2n) is 9.64. The highest BCUT2D eigenvalue weighted by molar-refractivity contribution is 14.1. The Bertz CT molecular complexity index is 1580. The molecule has 14 heteroatoms. The number of aliphatic hydroxyl groups is 1. The second kappa shape index (κ2) is 16.5. The summed E-state index contributed by atoms with van der Waals surface area (Å²) in [6.45, 7) is 4.10. The Morgan fingerprint density at radius 3 is 2.56 bits per heavy atom. The molecule has 0 fully saturated rings. The van der Waals surface area contributed by atoms with Gasteiger partial charge in [-0.1, -0.05) is 18.2 Å². The standard InChI is InChI=1S/C31H31BrI2N4O7/c1-4-43-25-13-20(28-27(30(40)42-3)17(2)36-31(41)37-28)7-10-24(25)44-16-26(39)38-35-14-19-11-22(32)29(23(34)12-19)45-15-18-5-8-21(33)9-6-18/h5-14,26,28,38-39H,4,15-16H2,1-3H3,(H2,36,37,41)/b35-14-/t26-,28+/m1/s1. The van der Waals surface area contributed by atoms with E-state index in [1.54, 1.807) is 31.3 Å². The fraction of sp³-hybridized carbons (Fsp3) is 0.258. The van der Waals surface area contributed by atoms with Crippen LogP contribution in [0.3, 0.4) is 0 Å². The fourth-order valence-electron chi connectivity index (χ4n) is 4.35. The number of hydrogen-bond acceptors (Lipinski definition) is 9. The van der Waals surface area contributed by atoms with E-state index in [0.29, 0.717) is 36.0 Å². The third-order valence-electron chi connectivity index (χ3n) is 6.43. The van der Waals surface area contributed by atoms with Gasteiger partial charge in [0.05, 0.1) is 39.6 Å². The van der Waals surface area contributed by atoms with Crippen LogP contribution in [-0.4, -0.2) is 49.9 Å². The number of aliphatic hydroxyl groups excluding tert-OH is 1. The van der Waals surface area contributed by atoms with E-state index in [9.17, 15) is 14.7 Å². The molecule has 2 amide bonds. The molecule has 0 spiro atoms. The van der Waals surface area contributed by atoms with E-state index in [4.69, 9.17) is 18.9 Å². The zero-order valence-corrected chi connectivity index (χ0v) is 30.4. The van der Waals surface area contributed by atoms with Gasteiger partial charge in [0.1, 0.15) is 19.0 Å². The van der Waals surface area contributed by atoms with E-state index in [-0.39, 0.29) is 12.2 Å². The Kier molecular flexibility index (Phi) is 12.7. The molecule has 238 valence electrons. The van der Waals surface area contributed by atoms with Crippen molar-refractivity contribution in [3.63, 3.8) is 0 Å². The predicted molar refractivity (Wildman–Crippen MR) is 189 cm³/mol. The van der Waals surface area contributed by atoms with Gasteiger partial charge in [-0.15, -0.1) is 0 Å². The first-order valence-corrected chi connectivity index (χ1v) is 16.6. The number of methoxy groups -OCH3 is 1. The number of ether oxygens (including phenoxy) is 4. The monoisotopic (exact) mass is 904 g/mol. The lowest BCUT2D eigenvalue weighted by atomic mass is 9.95.